The minimum Gasteiger partial charge on any atom is -0.465 e. The van der Waals surface area contributed by atoms with Crippen LogP contribution in [0.5, 0.6) is 11.5 Å². The molecular weight excluding hydrogens is 298 g/mol. The summed E-state index contributed by atoms with van der Waals surface area (Å²) >= 11 is 0. The van der Waals surface area contributed by atoms with E-state index in [4.69, 9.17) is 9.47 Å². The summed E-state index contributed by atoms with van der Waals surface area (Å²) in [6.07, 6.45) is 3.27. The maximum Gasteiger partial charge on any atom is 0.222 e. The zero-order valence-corrected chi connectivity index (χ0v) is 13.1. The highest BCUT2D eigenvalue weighted by atomic mass is 16.5. The van der Waals surface area contributed by atoms with Gasteiger partial charge in [-0.15, -0.1) is 0 Å². The van der Waals surface area contributed by atoms with Crippen LogP contribution in [-0.4, -0.2) is 5.90 Å². The van der Waals surface area contributed by atoms with Crippen LogP contribution in [0.4, 0.5) is 5.69 Å². The number of rotatable bonds is 5. The molecule has 3 nitrogen and oxygen atoms in total. The summed E-state index contributed by atoms with van der Waals surface area (Å²) in [5, 5.41) is 0. The summed E-state index contributed by atoms with van der Waals surface area (Å²) in [4.78, 5) is 4.51. The van der Waals surface area contributed by atoms with Crippen molar-refractivity contribution in [1.29, 1.82) is 0 Å². The number of para-hydroxylation sites is 3. The first-order chi connectivity index (χ1) is 11.9. The number of ether oxygens (including phenoxy) is 2. The lowest BCUT2D eigenvalue weighted by atomic mass is 10.3. The maximum atomic E-state index is 5.84. The Bertz CT molecular complexity index is 797. The summed E-state index contributed by atoms with van der Waals surface area (Å²) in [6.45, 7) is 0. The van der Waals surface area contributed by atoms with E-state index in [1.165, 1.54) is 0 Å². The largest absolute Gasteiger partial charge is 0.465 e. The number of benzene rings is 3. The molecule has 0 atom stereocenters. The third kappa shape index (κ3) is 4.85. The van der Waals surface area contributed by atoms with E-state index in [-0.39, 0.29) is 0 Å². The molecule has 24 heavy (non-hydrogen) atoms. The Kier molecular flexibility index (Phi) is 5.41. The summed E-state index contributed by atoms with van der Waals surface area (Å²) in [7, 11) is 0. The van der Waals surface area contributed by atoms with Crippen molar-refractivity contribution in [2.45, 2.75) is 0 Å². The lowest BCUT2D eigenvalue weighted by Crippen LogP contribution is -2.05. The summed E-state index contributed by atoms with van der Waals surface area (Å²) in [5.74, 6) is 1.92. The number of hydrogen-bond acceptors (Lipinski definition) is 3. The molecule has 0 radical (unpaired) electrons. The highest BCUT2D eigenvalue weighted by molar-refractivity contribution is 5.91. The van der Waals surface area contributed by atoms with Crippen LogP contribution in [0.25, 0.3) is 0 Å². The van der Waals surface area contributed by atoms with Gasteiger partial charge in [0.05, 0.1) is 11.9 Å². The van der Waals surface area contributed by atoms with Crippen LogP contribution in [0, 0.1) is 0 Å². The first-order valence-electron chi connectivity index (χ1n) is 7.65. The highest BCUT2D eigenvalue weighted by Crippen LogP contribution is 2.15. The van der Waals surface area contributed by atoms with E-state index >= 15 is 0 Å². The van der Waals surface area contributed by atoms with Crippen LogP contribution in [0.2, 0.25) is 0 Å². The van der Waals surface area contributed by atoms with Gasteiger partial charge >= 0.3 is 0 Å². The van der Waals surface area contributed by atoms with Crippen molar-refractivity contribution in [2.75, 3.05) is 0 Å². The van der Waals surface area contributed by atoms with Crippen LogP contribution in [-0.2, 0) is 0 Å². The van der Waals surface area contributed by atoms with Gasteiger partial charge in [0, 0.05) is 6.08 Å². The average molecular weight is 315 g/mol. The molecule has 3 rings (SSSR count). The van der Waals surface area contributed by atoms with E-state index in [0.717, 1.165) is 17.2 Å². The van der Waals surface area contributed by atoms with Crippen LogP contribution in [0.3, 0.4) is 0 Å². The first kappa shape index (κ1) is 15.6. The predicted molar refractivity (Wildman–Crippen MR) is 96.8 cm³/mol. The van der Waals surface area contributed by atoms with Gasteiger partial charge in [-0.3, -0.25) is 0 Å². The molecule has 0 fully saturated rings. The molecule has 3 aromatic carbocycles. The second-order valence-corrected chi connectivity index (χ2v) is 4.93. The quantitative estimate of drug-likeness (QED) is 0.359. The SMILES string of the molecule is C(=C\C(=Nc1ccccc1)Oc1ccccc1)/Oc1ccccc1. The van der Waals surface area contributed by atoms with Crippen molar-refractivity contribution < 1.29 is 9.47 Å². The lowest BCUT2D eigenvalue weighted by Gasteiger charge is -2.06. The smallest absolute Gasteiger partial charge is 0.222 e. The lowest BCUT2D eigenvalue weighted by molar-refractivity contribution is 0.479. The topological polar surface area (TPSA) is 30.8 Å². The van der Waals surface area contributed by atoms with Gasteiger partial charge in [-0.05, 0) is 36.4 Å². The fraction of sp³-hybridized carbons (Fsp3) is 0. The van der Waals surface area contributed by atoms with E-state index < -0.39 is 0 Å². The molecule has 0 saturated heterocycles. The summed E-state index contributed by atoms with van der Waals surface area (Å²) < 4.78 is 11.4. The molecule has 0 bridgehead atoms. The molecule has 3 aromatic rings. The zero-order chi connectivity index (χ0) is 16.5. The Morgan fingerprint density at radius 1 is 0.667 bits per heavy atom. The van der Waals surface area contributed by atoms with Crippen molar-refractivity contribution in [3.05, 3.63) is 103 Å². The Balaban J connectivity index is 1.78. The predicted octanol–water partition coefficient (Wildman–Crippen LogP) is 5.39. The van der Waals surface area contributed by atoms with E-state index in [9.17, 15) is 0 Å². The van der Waals surface area contributed by atoms with Crippen LogP contribution in [0.15, 0.2) is 108 Å². The van der Waals surface area contributed by atoms with Crippen LogP contribution in [0.1, 0.15) is 0 Å². The molecule has 0 spiro atoms. The van der Waals surface area contributed by atoms with Gasteiger partial charge in [-0.25, -0.2) is 4.99 Å². The number of aliphatic imine (C=N–C) groups is 1. The molecule has 0 aromatic heterocycles. The summed E-state index contributed by atoms with van der Waals surface area (Å²) in [5.41, 5.74) is 0.813. The molecule has 0 N–H and O–H groups in total. The summed E-state index contributed by atoms with van der Waals surface area (Å²) in [6, 6.07) is 28.7. The van der Waals surface area contributed by atoms with Crippen molar-refractivity contribution in [3.63, 3.8) is 0 Å². The van der Waals surface area contributed by atoms with Gasteiger partial charge in [0.25, 0.3) is 0 Å². The van der Waals surface area contributed by atoms with Crippen molar-refractivity contribution >= 4 is 11.6 Å². The van der Waals surface area contributed by atoms with E-state index in [1.807, 2.05) is 91.0 Å². The molecule has 0 heterocycles. The fourth-order valence-corrected chi connectivity index (χ4v) is 2.00. The van der Waals surface area contributed by atoms with E-state index in [0.29, 0.717) is 5.90 Å². The average Bonchev–Trinajstić information content (AvgIpc) is 2.64. The molecular formula is C21H17NO2. The van der Waals surface area contributed by atoms with Gasteiger partial charge in [-0.2, -0.15) is 0 Å². The normalized spacial score (nSPS) is 11.4. The van der Waals surface area contributed by atoms with Crippen molar-refractivity contribution in [2.24, 2.45) is 4.99 Å². The van der Waals surface area contributed by atoms with Gasteiger partial charge in [0.1, 0.15) is 11.5 Å². The van der Waals surface area contributed by atoms with Crippen molar-refractivity contribution in [1.82, 2.24) is 0 Å². The molecule has 3 heteroatoms. The molecule has 118 valence electrons. The van der Waals surface area contributed by atoms with Crippen LogP contribution >= 0.6 is 0 Å². The second-order valence-electron chi connectivity index (χ2n) is 4.93. The minimum atomic E-state index is 0.448. The Hall–Kier alpha value is -3.33. The number of hydrogen-bond donors (Lipinski definition) is 0. The van der Waals surface area contributed by atoms with Crippen molar-refractivity contribution in [3.8, 4) is 11.5 Å². The third-order valence-corrected chi connectivity index (χ3v) is 3.12. The third-order valence-electron chi connectivity index (χ3n) is 3.12. The van der Waals surface area contributed by atoms with Gasteiger partial charge in [0.2, 0.25) is 5.90 Å². The molecule has 0 unspecified atom stereocenters. The second kappa shape index (κ2) is 8.34. The van der Waals surface area contributed by atoms with Crippen LogP contribution < -0.4 is 9.47 Å². The van der Waals surface area contributed by atoms with Gasteiger partial charge in [-0.1, -0.05) is 54.6 Å². The Morgan fingerprint density at radius 3 is 1.83 bits per heavy atom. The van der Waals surface area contributed by atoms with Gasteiger partial charge < -0.3 is 9.47 Å². The molecule has 0 aliphatic rings. The highest BCUT2D eigenvalue weighted by Gasteiger charge is 2.00. The van der Waals surface area contributed by atoms with Gasteiger partial charge in [0.15, 0.2) is 0 Å². The molecule has 0 aliphatic heterocycles. The fourth-order valence-electron chi connectivity index (χ4n) is 2.00. The number of nitrogens with zero attached hydrogens (tertiary/aromatic N) is 1. The maximum absolute atomic E-state index is 5.84. The van der Waals surface area contributed by atoms with E-state index in [2.05, 4.69) is 4.99 Å². The minimum absolute atomic E-state index is 0.448. The molecule has 0 saturated carbocycles. The monoisotopic (exact) mass is 315 g/mol. The standard InChI is InChI=1S/C21H17NO2/c1-4-10-18(11-5-1)22-21(24-20-14-8-3-9-15-20)16-17-23-19-12-6-2-7-13-19/h1-17H/b17-16+,22-21?. The molecule has 0 amide bonds. The Labute approximate surface area is 141 Å². The van der Waals surface area contributed by atoms with E-state index in [1.54, 1.807) is 12.3 Å². The zero-order valence-electron chi connectivity index (χ0n) is 13.1. The first-order valence-corrected chi connectivity index (χ1v) is 7.65. The Morgan fingerprint density at radius 2 is 1.21 bits per heavy atom. The molecule has 0 aliphatic carbocycles.